The molecule has 1 atom stereocenters. The zero-order valence-corrected chi connectivity index (χ0v) is 10.4. The van der Waals surface area contributed by atoms with Crippen LogP contribution in [0.25, 0.3) is 0 Å². The van der Waals surface area contributed by atoms with E-state index in [4.69, 9.17) is 4.74 Å². The molecule has 1 saturated heterocycles. The topological polar surface area (TPSA) is 50.4 Å². The van der Waals surface area contributed by atoms with Crippen molar-refractivity contribution in [3.8, 4) is 0 Å². The average molecular weight is 249 g/mol. The zero-order chi connectivity index (χ0) is 10.5. The highest BCUT2D eigenvalue weighted by molar-refractivity contribution is 5.85. The number of ether oxygens (including phenoxy) is 1. The van der Waals surface area contributed by atoms with Crippen LogP contribution in [-0.2, 0) is 9.53 Å². The first kappa shape index (κ1) is 13.7. The van der Waals surface area contributed by atoms with E-state index in [0.717, 1.165) is 13.0 Å². The second-order valence-electron chi connectivity index (χ2n) is 4.36. The van der Waals surface area contributed by atoms with Crippen molar-refractivity contribution in [2.75, 3.05) is 19.7 Å². The Morgan fingerprint density at radius 3 is 2.56 bits per heavy atom. The van der Waals surface area contributed by atoms with Gasteiger partial charge in [-0.3, -0.25) is 4.79 Å². The van der Waals surface area contributed by atoms with Gasteiger partial charge >= 0.3 is 0 Å². The van der Waals surface area contributed by atoms with Crippen LogP contribution in [0.5, 0.6) is 0 Å². The Labute approximate surface area is 103 Å². The molecule has 1 heterocycles. The van der Waals surface area contributed by atoms with Crippen molar-refractivity contribution < 1.29 is 9.53 Å². The maximum atomic E-state index is 11.4. The largest absolute Gasteiger partial charge is 0.376 e. The second-order valence-corrected chi connectivity index (χ2v) is 4.36. The summed E-state index contributed by atoms with van der Waals surface area (Å²) in [5, 5.41) is 5.96. The molecule has 0 radical (unpaired) electrons. The fraction of sp³-hybridized carbons (Fsp3) is 0.909. The predicted molar refractivity (Wildman–Crippen MR) is 64.9 cm³/mol. The molecule has 2 fully saturated rings. The first-order valence-electron chi connectivity index (χ1n) is 5.99. The minimum atomic E-state index is 0. The first-order valence-corrected chi connectivity index (χ1v) is 5.99. The number of amides is 1. The summed E-state index contributed by atoms with van der Waals surface area (Å²) >= 11 is 0. The molecule has 1 aliphatic heterocycles. The van der Waals surface area contributed by atoms with E-state index in [2.05, 4.69) is 10.6 Å². The third kappa shape index (κ3) is 3.92. The molecule has 4 nitrogen and oxygen atoms in total. The second kappa shape index (κ2) is 7.09. The van der Waals surface area contributed by atoms with Crippen LogP contribution < -0.4 is 10.6 Å². The van der Waals surface area contributed by atoms with Crippen LogP contribution in [-0.4, -0.2) is 37.7 Å². The summed E-state index contributed by atoms with van der Waals surface area (Å²) in [5.74, 6) is 0.122. The van der Waals surface area contributed by atoms with Crippen molar-refractivity contribution in [1.29, 1.82) is 0 Å². The molecular formula is C11H21ClN2O2. The Hall–Kier alpha value is -0.320. The first-order chi connectivity index (χ1) is 7.36. The molecule has 0 aromatic heterocycles. The Balaban J connectivity index is 0.00000128. The molecule has 0 spiro atoms. The van der Waals surface area contributed by atoms with Crippen LogP contribution >= 0.6 is 12.4 Å². The molecule has 0 aromatic carbocycles. The van der Waals surface area contributed by atoms with Gasteiger partial charge in [-0.1, -0.05) is 12.8 Å². The SMILES string of the molecule is Cl.O=C(NCCOC1CCCC1)[C@H]1CCN1. The van der Waals surface area contributed by atoms with E-state index in [1.54, 1.807) is 0 Å². The molecular weight excluding hydrogens is 228 g/mol. The van der Waals surface area contributed by atoms with Gasteiger partial charge in [0.25, 0.3) is 0 Å². The van der Waals surface area contributed by atoms with Crippen LogP contribution in [0.2, 0.25) is 0 Å². The van der Waals surface area contributed by atoms with Gasteiger partial charge in [0.2, 0.25) is 5.91 Å². The number of hydrogen-bond donors (Lipinski definition) is 2. The summed E-state index contributed by atoms with van der Waals surface area (Å²) in [7, 11) is 0. The van der Waals surface area contributed by atoms with Crippen LogP contribution in [0.4, 0.5) is 0 Å². The molecule has 0 bridgehead atoms. The fourth-order valence-electron chi connectivity index (χ4n) is 2.09. The lowest BCUT2D eigenvalue weighted by molar-refractivity contribution is -0.125. The fourth-order valence-corrected chi connectivity index (χ4v) is 2.09. The van der Waals surface area contributed by atoms with Crippen LogP contribution in [0.1, 0.15) is 32.1 Å². The van der Waals surface area contributed by atoms with Crippen molar-refractivity contribution >= 4 is 18.3 Å². The summed E-state index contributed by atoms with van der Waals surface area (Å²) in [6.07, 6.45) is 6.39. The molecule has 94 valence electrons. The minimum absolute atomic E-state index is 0. The normalized spacial score (nSPS) is 24.6. The predicted octanol–water partition coefficient (Wildman–Crippen LogP) is 0.845. The minimum Gasteiger partial charge on any atom is -0.376 e. The number of hydrogen-bond acceptors (Lipinski definition) is 3. The highest BCUT2D eigenvalue weighted by Gasteiger charge is 2.23. The van der Waals surface area contributed by atoms with E-state index in [-0.39, 0.29) is 24.4 Å². The standard InChI is InChI=1S/C11H20N2O2.ClH/c14-11(10-5-6-12-10)13-7-8-15-9-3-1-2-4-9;/h9-10,12H,1-8H2,(H,13,14);1H/t10-;/m1./s1. The van der Waals surface area contributed by atoms with Crippen LogP contribution in [0, 0.1) is 0 Å². The summed E-state index contributed by atoms with van der Waals surface area (Å²) < 4.78 is 5.65. The summed E-state index contributed by atoms with van der Waals surface area (Å²) in [4.78, 5) is 11.4. The number of halogens is 1. The smallest absolute Gasteiger partial charge is 0.237 e. The number of carbonyl (C=O) groups is 1. The lowest BCUT2D eigenvalue weighted by atomic mass is 10.1. The Morgan fingerprint density at radius 1 is 1.31 bits per heavy atom. The lowest BCUT2D eigenvalue weighted by Crippen LogP contribution is -2.53. The molecule has 2 N–H and O–H groups in total. The molecule has 1 saturated carbocycles. The highest BCUT2D eigenvalue weighted by Crippen LogP contribution is 2.20. The third-order valence-electron chi connectivity index (χ3n) is 3.20. The maximum absolute atomic E-state index is 11.4. The van der Waals surface area contributed by atoms with Gasteiger partial charge in [0.1, 0.15) is 0 Å². The number of carbonyl (C=O) groups excluding carboxylic acids is 1. The Kier molecular flexibility index (Phi) is 6.09. The van der Waals surface area contributed by atoms with Gasteiger partial charge in [-0.15, -0.1) is 12.4 Å². The van der Waals surface area contributed by atoms with Crippen molar-refractivity contribution in [3.63, 3.8) is 0 Å². The van der Waals surface area contributed by atoms with E-state index >= 15 is 0 Å². The van der Waals surface area contributed by atoms with Gasteiger partial charge in [0.15, 0.2) is 0 Å². The van der Waals surface area contributed by atoms with Crippen LogP contribution in [0.15, 0.2) is 0 Å². The third-order valence-corrected chi connectivity index (χ3v) is 3.20. The van der Waals surface area contributed by atoms with Gasteiger partial charge in [-0.2, -0.15) is 0 Å². The van der Waals surface area contributed by atoms with Gasteiger partial charge in [-0.05, 0) is 25.8 Å². The van der Waals surface area contributed by atoms with E-state index < -0.39 is 0 Å². The van der Waals surface area contributed by atoms with Gasteiger partial charge in [0.05, 0.1) is 18.8 Å². The molecule has 0 aromatic rings. The van der Waals surface area contributed by atoms with Crippen molar-refractivity contribution in [1.82, 2.24) is 10.6 Å². The van der Waals surface area contributed by atoms with Gasteiger partial charge in [0, 0.05) is 6.54 Å². The molecule has 1 amide bonds. The Morgan fingerprint density at radius 2 is 2.00 bits per heavy atom. The van der Waals surface area contributed by atoms with Gasteiger partial charge in [-0.25, -0.2) is 0 Å². The highest BCUT2D eigenvalue weighted by atomic mass is 35.5. The van der Waals surface area contributed by atoms with E-state index in [1.807, 2.05) is 0 Å². The van der Waals surface area contributed by atoms with E-state index in [0.29, 0.717) is 19.3 Å². The van der Waals surface area contributed by atoms with E-state index in [1.165, 1.54) is 25.7 Å². The van der Waals surface area contributed by atoms with E-state index in [9.17, 15) is 4.79 Å². The maximum Gasteiger partial charge on any atom is 0.237 e. The zero-order valence-electron chi connectivity index (χ0n) is 9.54. The molecule has 16 heavy (non-hydrogen) atoms. The van der Waals surface area contributed by atoms with Crippen molar-refractivity contribution in [3.05, 3.63) is 0 Å². The molecule has 5 heteroatoms. The average Bonchev–Trinajstić information content (AvgIpc) is 2.62. The Bertz CT molecular complexity index is 216. The van der Waals surface area contributed by atoms with Crippen molar-refractivity contribution in [2.24, 2.45) is 0 Å². The lowest BCUT2D eigenvalue weighted by Gasteiger charge is -2.26. The molecule has 1 aliphatic carbocycles. The van der Waals surface area contributed by atoms with Crippen molar-refractivity contribution in [2.45, 2.75) is 44.2 Å². The summed E-state index contributed by atoms with van der Waals surface area (Å²) in [6.45, 7) is 2.27. The molecule has 2 rings (SSSR count). The molecule has 0 unspecified atom stereocenters. The monoisotopic (exact) mass is 248 g/mol. The van der Waals surface area contributed by atoms with Gasteiger partial charge < -0.3 is 15.4 Å². The quantitative estimate of drug-likeness (QED) is 0.710. The number of nitrogens with one attached hydrogen (secondary N) is 2. The molecule has 2 aliphatic rings. The van der Waals surface area contributed by atoms with Crippen LogP contribution in [0.3, 0.4) is 0 Å². The summed E-state index contributed by atoms with van der Waals surface area (Å²) in [6, 6.07) is 0.0523. The number of rotatable bonds is 5. The summed E-state index contributed by atoms with van der Waals surface area (Å²) in [5.41, 5.74) is 0.